The van der Waals surface area contributed by atoms with Crippen LogP contribution in [0, 0.1) is 0 Å². The molecule has 3 aromatic carbocycles. The summed E-state index contributed by atoms with van der Waals surface area (Å²) in [5, 5.41) is 0. The van der Waals surface area contributed by atoms with Crippen molar-refractivity contribution >= 4 is 21.4 Å². The van der Waals surface area contributed by atoms with Crippen LogP contribution in [0.1, 0.15) is 0 Å². The Morgan fingerprint density at radius 2 is 1.10 bits per heavy atom. The van der Waals surface area contributed by atoms with Crippen LogP contribution in [-0.4, -0.2) is 36.9 Å². The molecule has 0 N–H and O–H groups in total. The number of benzene rings is 3. The van der Waals surface area contributed by atoms with E-state index in [1.807, 2.05) is 0 Å². The third kappa shape index (κ3) is 3.99. The van der Waals surface area contributed by atoms with Crippen molar-refractivity contribution in [2.75, 3.05) is 32.7 Å². The molecular formula is C22H23NO6S. The van der Waals surface area contributed by atoms with E-state index in [2.05, 4.69) is 0 Å². The predicted molar refractivity (Wildman–Crippen MR) is 115 cm³/mol. The highest BCUT2D eigenvalue weighted by Crippen LogP contribution is 2.44. The summed E-state index contributed by atoms with van der Waals surface area (Å²) in [6.45, 7) is 0. The Balaban J connectivity index is 2.32. The average Bonchev–Trinajstić information content (AvgIpc) is 2.79. The number of sulfonamides is 1. The van der Waals surface area contributed by atoms with Gasteiger partial charge in [0, 0.05) is 12.1 Å². The first kappa shape index (κ1) is 21.3. The monoisotopic (exact) mass is 429 g/mol. The van der Waals surface area contributed by atoms with Gasteiger partial charge in [-0.1, -0.05) is 18.2 Å². The fourth-order valence-corrected chi connectivity index (χ4v) is 4.52. The maximum absolute atomic E-state index is 13.7. The van der Waals surface area contributed by atoms with Crippen LogP contribution in [-0.2, 0) is 10.0 Å². The van der Waals surface area contributed by atoms with Crippen LogP contribution in [0.15, 0.2) is 71.6 Å². The van der Waals surface area contributed by atoms with E-state index in [9.17, 15) is 8.42 Å². The van der Waals surface area contributed by atoms with E-state index < -0.39 is 10.0 Å². The standard InChI is InChI=1S/C22H23NO6S/c1-26-16-10-12-19(21(14-16)28-3)23(30(24,25)18-8-6-5-7-9-18)20-13-11-17(27-2)15-22(20)29-4/h5-15H,1-4H3. The molecule has 8 heteroatoms. The summed E-state index contributed by atoms with van der Waals surface area (Å²) in [6.07, 6.45) is 0. The van der Waals surface area contributed by atoms with Gasteiger partial charge in [-0.25, -0.2) is 12.7 Å². The summed E-state index contributed by atoms with van der Waals surface area (Å²) in [5.74, 6) is 1.72. The van der Waals surface area contributed by atoms with Crippen LogP contribution in [0.4, 0.5) is 11.4 Å². The van der Waals surface area contributed by atoms with Gasteiger partial charge in [0.05, 0.1) is 44.7 Å². The Morgan fingerprint density at radius 1 is 0.633 bits per heavy atom. The first-order valence-electron chi connectivity index (χ1n) is 9.00. The zero-order valence-electron chi connectivity index (χ0n) is 17.2. The van der Waals surface area contributed by atoms with Gasteiger partial charge in [-0.15, -0.1) is 0 Å². The van der Waals surface area contributed by atoms with Crippen LogP contribution >= 0.6 is 0 Å². The van der Waals surface area contributed by atoms with E-state index in [0.717, 1.165) is 0 Å². The van der Waals surface area contributed by atoms with E-state index in [1.54, 1.807) is 54.6 Å². The molecule has 0 aliphatic carbocycles. The number of hydrogen-bond acceptors (Lipinski definition) is 6. The van der Waals surface area contributed by atoms with Gasteiger partial charge in [-0.2, -0.15) is 0 Å². The van der Waals surface area contributed by atoms with Gasteiger partial charge in [-0.05, 0) is 36.4 Å². The number of anilines is 2. The van der Waals surface area contributed by atoms with Crippen molar-refractivity contribution in [1.29, 1.82) is 0 Å². The minimum absolute atomic E-state index is 0.126. The summed E-state index contributed by atoms with van der Waals surface area (Å²) in [5.41, 5.74) is 0.622. The van der Waals surface area contributed by atoms with Crippen molar-refractivity contribution in [2.24, 2.45) is 0 Å². The molecule has 3 aromatic rings. The van der Waals surface area contributed by atoms with E-state index in [0.29, 0.717) is 34.4 Å². The first-order valence-corrected chi connectivity index (χ1v) is 10.4. The normalized spacial score (nSPS) is 10.9. The highest BCUT2D eigenvalue weighted by molar-refractivity contribution is 7.93. The van der Waals surface area contributed by atoms with Gasteiger partial charge in [0.25, 0.3) is 10.0 Å². The van der Waals surface area contributed by atoms with Crippen molar-refractivity contribution in [3.63, 3.8) is 0 Å². The van der Waals surface area contributed by atoms with Gasteiger partial charge >= 0.3 is 0 Å². The number of ether oxygens (including phenoxy) is 4. The minimum atomic E-state index is -4.02. The SMILES string of the molecule is COc1ccc(N(c2ccc(OC)cc2OC)S(=O)(=O)c2ccccc2)c(OC)c1. The topological polar surface area (TPSA) is 74.3 Å². The fourth-order valence-electron chi connectivity index (χ4n) is 2.99. The second-order valence-electron chi connectivity index (χ2n) is 6.16. The smallest absolute Gasteiger partial charge is 0.268 e. The third-order valence-corrected chi connectivity index (χ3v) is 6.23. The van der Waals surface area contributed by atoms with Crippen LogP contribution in [0.3, 0.4) is 0 Å². The van der Waals surface area contributed by atoms with Crippen molar-refractivity contribution < 1.29 is 27.4 Å². The number of hydrogen-bond donors (Lipinski definition) is 0. The number of rotatable bonds is 8. The molecule has 0 heterocycles. The van der Waals surface area contributed by atoms with Gasteiger partial charge in [-0.3, -0.25) is 0 Å². The van der Waals surface area contributed by atoms with E-state index in [4.69, 9.17) is 18.9 Å². The molecular weight excluding hydrogens is 406 g/mol. The Kier molecular flexibility index (Phi) is 6.37. The first-order chi connectivity index (χ1) is 14.5. The van der Waals surface area contributed by atoms with Gasteiger partial charge < -0.3 is 18.9 Å². The van der Waals surface area contributed by atoms with E-state index >= 15 is 0 Å². The lowest BCUT2D eigenvalue weighted by Gasteiger charge is -2.28. The van der Waals surface area contributed by atoms with E-state index in [-0.39, 0.29) is 4.90 Å². The highest BCUT2D eigenvalue weighted by atomic mass is 32.2. The van der Waals surface area contributed by atoms with Crippen LogP contribution in [0.2, 0.25) is 0 Å². The molecule has 0 fully saturated rings. The molecule has 0 radical (unpaired) electrons. The summed E-state index contributed by atoms with van der Waals surface area (Å²) < 4.78 is 50.1. The zero-order chi connectivity index (χ0) is 21.7. The fraction of sp³-hybridized carbons (Fsp3) is 0.182. The molecule has 3 rings (SSSR count). The molecule has 0 saturated heterocycles. The molecule has 0 amide bonds. The lowest BCUT2D eigenvalue weighted by Crippen LogP contribution is -2.27. The molecule has 7 nitrogen and oxygen atoms in total. The van der Waals surface area contributed by atoms with Gasteiger partial charge in [0.2, 0.25) is 0 Å². The Bertz CT molecular complexity index is 1060. The summed E-state index contributed by atoms with van der Waals surface area (Å²) in [7, 11) is 1.97. The molecule has 0 unspecified atom stereocenters. The van der Waals surface area contributed by atoms with Crippen LogP contribution in [0.25, 0.3) is 0 Å². The molecule has 0 spiro atoms. The molecule has 30 heavy (non-hydrogen) atoms. The second-order valence-corrected chi connectivity index (χ2v) is 7.94. The molecule has 0 atom stereocenters. The van der Waals surface area contributed by atoms with Crippen molar-refractivity contribution in [3.05, 3.63) is 66.7 Å². The maximum Gasteiger partial charge on any atom is 0.268 e. The highest BCUT2D eigenvalue weighted by Gasteiger charge is 2.31. The Hall–Kier alpha value is -3.39. The Morgan fingerprint density at radius 3 is 1.50 bits per heavy atom. The largest absolute Gasteiger partial charge is 0.497 e. The molecule has 0 aliphatic heterocycles. The quantitative estimate of drug-likeness (QED) is 0.533. The lowest BCUT2D eigenvalue weighted by molar-refractivity contribution is 0.393. The van der Waals surface area contributed by atoms with E-state index in [1.165, 1.54) is 44.9 Å². The van der Waals surface area contributed by atoms with Crippen LogP contribution in [0.5, 0.6) is 23.0 Å². The maximum atomic E-state index is 13.7. The molecule has 0 saturated carbocycles. The lowest BCUT2D eigenvalue weighted by atomic mass is 10.2. The summed E-state index contributed by atoms with van der Waals surface area (Å²) >= 11 is 0. The minimum Gasteiger partial charge on any atom is -0.497 e. The van der Waals surface area contributed by atoms with Crippen molar-refractivity contribution in [3.8, 4) is 23.0 Å². The molecule has 0 aromatic heterocycles. The summed E-state index contributed by atoms with van der Waals surface area (Å²) in [4.78, 5) is 0.126. The number of nitrogens with zero attached hydrogens (tertiary/aromatic N) is 1. The average molecular weight is 429 g/mol. The van der Waals surface area contributed by atoms with Crippen LogP contribution < -0.4 is 23.3 Å². The molecule has 158 valence electrons. The van der Waals surface area contributed by atoms with Gasteiger partial charge in [0.1, 0.15) is 23.0 Å². The van der Waals surface area contributed by atoms with Gasteiger partial charge in [0.15, 0.2) is 0 Å². The second kappa shape index (κ2) is 8.96. The number of methoxy groups -OCH3 is 4. The third-order valence-electron chi connectivity index (χ3n) is 4.49. The van der Waals surface area contributed by atoms with Crippen molar-refractivity contribution in [1.82, 2.24) is 0 Å². The predicted octanol–water partition coefficient (Wildman–Crippen LogP) is 4.25. The Labute approximate surface area is 176 Å². The van der Waals surface area contributed by atoms with Crippen molar-refractivity contribution in [2.45, 2.75) is 4.90 Å². The summed E-state index contributed by atoms with van der Waals surface area (Å²) in [6, 6.07) is 18.0. The molecule has 0 bridgehead atoms. The zero-order valence-corrected chi connectivity index (χ0v) is 18.0. The molecule has 0 aliphatic rings.